The lowest BCUT2D eigenvalue weighted by Crippen LogP contribution is -2.56. The third-order valence-corrected chi connectivity index (χ3v) is 5.45. The Morgan fingerprint density at radius 3 is 2.64 bits per heavy atom. The number of carbonyl (C=O) groups excluding carboxylic acids is 2. The van der Waals surface area contributed by atoms with Crippen LogP contribution in [-0.4, -0.2) is 43.1 Å². The van der Waals surface area contributed by atoms with Crippen molar-refractivity contribution in [3.05, 3.63) is 23.8 Å². The third kappa shape index (κ3) is 3.43. The Kier molecular flexibility index (Phi) is 4.51. The van der Waals surface area contributed by atoms with Gasteiger partial charge >= 0.3 is 0 Å². The van der Waals surface area contributed by atoms with Gasteiger partial charge in [0, 0.05) is 25.2 Å². The Balaban J connectivity index is 1.25. The lowest BCUT2D eigenvalue weighted by Gasteiger charge is -2.38. The Morgan fingerprint density at radius 1 is 1.08 bits per heavy atom. The zero-order valence-electron chi connectivity index (χ0n) is 14.3. The molecule has 134 valence electrons. The van der Waals surface area contributed by atoms with Gasteiger partial charge in [-0.15, -0.1) is 0 Å². The van der Waals surface area contributed by atoms with Gasteiger partial charge < -0.3 is 19.7 Å². The lowest BCUT2D eigenvalue weighted by atomic mass is 9.89. The lowest BCUT2D eigenvalue weighted by molar-refractivity contribution is -0.129. The number of nitrogens with zero attached hydrogens (tertiary/aromatic N) is 1. The van der Waals surface area contributed by atoms with E-state index in [0.29, 0.717) is 36.1 Å². The normalized spacial score (nSPS) is 20.2. The second-order valence-corrected chi connectivity index (χ2v) is 7.22. The summed E-state index contributed by atoms with van der Waals surface area (Å²) >= 11 is 0. The zero-order valence-corrected chi connectivity index (χ0v) is 14.3. The highest BCUT2D eigenvalue weighted by Crippen LogP contribution is 2.33. The van der Waals surface area contributed by atoms with Crippen LogP contribution in [0.25, 0.3) is 0 Å². The molecule has 3 aliphatic rings. The number of hydrogen-bond donors (Lipinski definition) is 1. The van der Waals surface area contributed by atoms with Gasteiger partial charge in [-0.3, -0.25) is 9.59 Å². The van der Waals surface area contributed by atoms with Crippen molar-refractivity contribution >= 4 is 11.8 Å². The van der Waals surface area contributed by atoms with Crippen LogP contribution < -0.4 is 14.8 Å². The molecule has 1 aliphatic carbocycles. The monoisotopic (exact) mass is 344 g/mol. The van der Waals surface area contributed by atoms with Crippen LogP contribution in [0.3, 0.4) is 0 Å². The molecular formula is C19H24N2O4. The van der Waals surface area contributed by atoms with Crippen LogP contribution in [0.2, 0.25) is 0 Å². The van der Waals surface area contributed by atoms with Gasteiger partial charge in [0.2, 0.25) is 12.7 Å². The molecule has 1 aromatic rings. The van der Waals surface area contributed by atoms with Crippen LogP contribution in [0.4, 0.5) is 0 Å². The number of hydrogen-bond acceptors (Lipinski definition) is 4. The predicted octanol–water partition coefficient (Wildman–Crippen LogP) is 2.18. The molecule has 0 aromatic heterocycles. The Labute approximate surface area is 147 Å². The highest BCUT2D eigenvalue weighted by atomic mass is 16.7. The molecule has 4 rings (SSSR count). The van der Waals surface area contributed by atoms with E-state index in [1.807, 2.05) is 0 Å². The van der Waals surface area contributed by atoms with E-state index in [1.54, 1.807) is 23.1 Å². The van der Waals surface area contributed by atoms with E-state index in [0.717, 1.165) is 6.54 Å². The maximum Gasteiger partial charge on any atom is 0.254 e. The number of carbonyl (C=O) groups is 2. The topological polar surface area (TPSA) is 67.9 Å². The van der Waals surface area contributed by atoms with Crippen LogP contribution in [0.1, 0.15) is 42.5 Å². The first kappa shape index (κ1) is 16.2. The summed E-state index contributed by atoms with van der Waals surface area (Å²) in [7, 11) is 0. The number of amides is 2. The van der Waals surface area contributed by atoms with Gasteiger partial charge in [0.15, 0.2) is 11.5 Å². The summed E-state index contributed by atoms with van der Waals surface area (Å²) in [5.74, 6) is 1.84. The number of ether oxygens (including phenoxy) is 2. The standard InChI is InChI=1S/C19H24N2O4/c22-18(20-9-13-4-2-1-3-5-13)15-10-21(11-15)19(23)14-6-7-16-17(8-14)25-12-24-16/h6-8,13,15H,1-5,9-12H2,(H,20,22). The molecule has 1 aromatic carbocycles. The van der Waals surface area contributed by atoms with E-state index in [2.05, 4.69) is 5.32 Å². The number of benzene rings is 1. The number of likely N-dealkylation sites (tertiary alicyclic amines) is 1. The van der Waals surface area contributed by atoms with Gasteiger partial charge in [0.05, 0.1) is 5.92 Å². The van der Waals surface area contributed by atoms with Gasteiger partial charge in [-0.1, -0.05) is 19.3 Å². The van der Waals surface area contributed by atoms with Crippen LogP contribution in [0, 0.1) is 11.8 Å². The summed E-state index contributed by atoms with van der Waals surface area (Å²) in [5, 5.41) is 3.07. The Morgan fingerprint density at radius 2 is 1.84 bits per heavy atom. The molecule has 25 heavy (non-hydrogen) atoms. The summed E-state index contributed by atoms with van der Waals surface area (Å²) in [6.45, 7) is 1.96. The summed E-state index contributed by atoms with van der Waals surface area (Å²) in [4.78, 5) is 26.4. The van der Waals surface area contributed by atoms with E-state index in [4.69, 9.17) is 9.47 Å². The quantitative estimate of drug-likeness (QED) is 0.909. The summed E-state index contributed by atoms with van der Waals surface area (Å²) < 4.78 is 10.6. The van der Waals surface area contributed by atoms with E-state index in [-0.39, 0.29) is 24.5 Å². The fourth-order valence-electron chi connectivity index (χ4n) is 3.80. The molecule has 1 N–H and O–H groups in total. The minimum absolute atomic E-state index is 0.0605. The molecular weight excluding hydrogens is 320 g/mol. The summed E-state index contributed by atoms with van der Waals surface area (Å²) in [5.41, 5.74) is 0.574. The largest absolute Gasteiger partial charge is 0.454 e. The van der Waals surface area contributed by atoms with Crippen molar-refractivity contribution < 1.29 is 19.1 Å². The first-order chi connectivity index (χ1) is 12.2. The van der Waals surface area contributed by atoms with Crippen LogP contribution in [-0.2, 0) is 4.79 Å². The minimum atomic E-state index is -0.0819. The van der Waals surface area contributed by atoms with Gasteiger partial charge in [0.1, 0.15) is 0 Å². The SMILES string of the molecule is O=C(NCC1CCCCC1)C1CN(C(=O)c2ccc3c(c2)OCO3)C1. The highest BCUT2D eigenvalue weighted by molar-refractivity contribution is 5.96. The van der Waals surface area contributed by atoms with Crippen LogP contribution in [0.15, 0.2) is 18.2 Å². The molecule has 0 bridgehead atoms. The van der Waals surface area contributed by atoms with Crippen LogP contribution >= 0.6 is 0 Å². The average molecular weight is 344 g/mol. The Hall–Kier alpha value is -2.24. The molecule has 1 saturated carbocycles. The van der Waals surface area contributed by atoms with Gasteiger partial charge in [0.25, 0.3) is 5.91 Å². The van der Waals surface area contributed by atoms with Crippen molar-refractivity contribution in [3.63, 3.8) is 0 Å². The molecule has 2 aliphatic heterocycles. The van der Waals surface area contributed by atoms with Gasteiger partial charge in [-0.05, 0) is 37.0 Å². The minimum Gasteiger partial charge on any atom is -0.454 e. The first-order valence-corrected chi connectivity index (χ1v) is 9.17. The number of fused-ring (bicyclic) bond motifs is 1. The molecule has 1 saturated heterocycles. The molecule has 0 radical (unpaired) electrons. The van der Waals surface area contributed by atoms with Crippen molar-refractivity contribution in [2.45, 2.75) is 32.1 Å². The van der Waals surface area contributed by atoms with Crippen molar-refractivity contribution in [3.8, 4) is 11.5 Å². The maximum absolute atomic E-state index is 12.5. The first-order valence-electron chi connectivity index (χ1n) is 9.17. The van der Waals surface area contributed by atoms with E-state index in [9.17, 15) is 9.59 Å². The van der Waals surface area contributed by atoms with E-state index >= 15 is 0 Å². The van der Waals surface area contributed by atoms with Gasteiger partial charge in [-0.25, -0.2) is 0 Å². The summed E-state index contributed by atoms with van der Waals surface area (Å²) in [6, 6.07) is 5.21. The number of rotatable bonds is 4. The molecule has 6 heteroatoms. The molecule has 2 fully saturated rings. The molecule has 2 heterocycles. The second kappa shape index (κ2) is 6.94. The summed E-state index contributed by atoms with van der Waals surface area (Å²) in [6.07, 6.45) is 6.33. The predicted molar refractivity (Wildman–Crippen MR) is 91.5 cm³/mol. The second-order valence-electron chi connectivity index (χ2n) is 7.22. The van der Waals surface area contributed by atoms with Crippen LogP contribution in [0.5, 0.6) is 11.5 Å². The molecule has 0 atom stereocenters. The smallest absolute Gasteiger partial charge is 0.254 e. The van der Waals surface area contributed by atoms with Crippen molar-refractivity contribution in [1.29, 1.82) is 0 Å². The zero-order chi connectivity index (χ0) is 17.2. The molecule has 2 amide bonds. The Bertz CT molecular complexity index is 663. The fourth-order valence-corrected chi connectivity index (χ4v) is 3.80. The van der Waals surface area contributed by atoms with Crippen molar-refractivity contribution in [2.24, 2.45) is 11.8 Å². The fraction of sp³-hybridized carbons (Fsp3) is 0.579. The highest BCUT2D eigenvalue weighted by Gasteiger charge is 2.36. The van der Waals surface area contributed by atoms with E-state index in [1.165, 1.54) is 32.1 Å². The molecule has 0 unspecified atom stereocenters. The third-order valence-electron chi connectivity index (χ3n) is 5.45. The maximum atomic E-state index is 12.5. The molecule has 6 nitrogen and oxygen atoms in total. The van der Waals surface area contributed by atoms with Gasteiger partial charge in [-0.2, -0.15) is 0 Å². The van der Waals surface area contributed by atoms with E-state index < -0.39 is 0 Å². The number of nitrogens with one attached hydrogen (secondary N) is 1. The average Bonchev–Trinajstić information content (AvgIpc) is 3.07. The molecule has 0 spiro atoms. The van der Waals surface area contributed by atoms with Crippen molar-refractivity contribution in [1.82, 2.24) is 10.2 Å². The van der Waals surface area contributed by atoms with Crippen molar-refractivity contribution in [2.75, 3.05) is 26.4 Å².